The molecule has 3 rings (SSSR count). The number of nitrogens with zero attached hydrogens (tertiary/aromatic N) is 5. The van der Waals surface area contributed by atoms with E-state index in [0.717, 1.165) is 16.9 Å². The van der Waals surface area contributed by atoms with Gasteiger partial charge < -0.3 is 5.32 Å². The summed E-state index contributed by atoms with van der Waals surface area (Å²) < 4.78 is 1.62. The van der Waals surface area contributed by atoms with Crippen LogP contribution in [0.25, 0.3) is 5.69 Å². The number of anilines is 1. The Morgan fingerprint density at radius 1 is 1.39 bits per heavy atom. The summed E-state index contributed by atoms with van der Waals surface area (Å²) in [5, 5.41) is 17.5. The van der Waals surface area contributed by atoms with Crippen LogP contribution in [-0.2, 0) is 4.79 Å². The Hall–Kier alpha value is -2.26. The van der Waals surface area contributed by atoms with Gasteiger partial charge in [0.05, 0.1) is 17.1 Å². The lowest BCUT2D eigenvalue weighted by Gasteiger charge is -2.05. The highest BCUT2D eigenvalue weighted by Crippen LogP contribution is 2.20. The van der Waals surface area contributed by atoms with E-state index in [0.29, 0.717) is 10.3 Å². The summed E-state index contributed by atoms with van der Waals surface area (Å²) in [4.78, 5) is 16.2. The zero-order chi connectivity index (χ0) is 16.2. The summed E-state index contributed by atoms with van der Waals surface area (Å²) in [5.74, 6) is 0.0771. The molecule has 2 heterocycles. The number of carbonyl (C=O) groups is 1. The first-order chi connectivity index (χ1) is 11.1. The Labute approximate surface area is 141 Å². The number of nitrogens with one attached hydrogen (secondary N) is 1. The van der Waals surface area contributed by atoms with Gasteiger partial charge in [0.1, 0.15) is 0 Å². The lowest BCUT2D eigenvalue weighted by molar-refractivity contribution is -0.113. The van der Waals surface area contributed by atoms with E-state index in [1.807, 2.05) is 43.5 Å². The zero-order valence-electron chi connectivity index (χ0n) is 12.6. The predicted octanol–water partition coefficient (Wildman–Crippen LogP) is 2.47. The molecular weight excluding hydrogens is 332 g/mol. The molecule has 0 fully saturated rings. The molecule has 0 unspecified atom stereocenters. The van der Waals surface area contributed by atoms with Gasteiger partial charge in [0.25, 0.3) is 0 Å². The van der Waals surface area contributed by atoms with Crippen LogP contribution in [0.3, 0.4) is 0 Å². The maximum absolute atomic E-state index is 12.0. The van der Waals surface area contributed by atoms with Gasteiger partial charge in [-0.05, 0) is 42.0 Å². The van der Waals surface area contributed by atoms with Crippen molar-refractivity contribution in [3.8, 4) is 5.69 Å². The molecule has 0 saturated heterocycles. The fourth-order valence-electron chi connectivity index (χ4n) is 1.89. The number of amides is 1. The van der Waals surface area contributed by atoms with E-state index in [1.54, 1.807) is 4.68 Å². The smallest absolute Gasteiger partial charge is 0.236 e. The second-order valence-electron chi connectivity index (χ2n) is 4.84. The first-order valence-corrected chi connectivity index (χ1v) is 8.68. The number of carbonyl (C=O) groups excluding carboxylic acids is 1. The molecule has 0 aliphatic rings. The van der Waals surface area contributed by atoms with Crippen LogP contribution in [0.5, 0.6) is 0 Å². The SMILES string of the molecule is Cc1cccc(-n2nnnc2SCC(=O)Nc2nc(C)cs2)c1. The number of hydrogen-bond acceptors (Lipinski definition) is 7. The van der Waals surface area contributed by atoms with Gasteiger partial charge in [-0.3, -0.25) is 4.79 Å². The van der Waals surface area contributed by atoms with E-state index in [1.165, 1.54) is 23.1 Å². The molecule has 0 saturated carbocycles. The van der Waals surface area contributed by atoms with Gasteiger partial charge in [-0.15, -0.1) is 16.4 Å². The summed E-state index contributed by atoms with van der Waals surface area (Å²) in [6.07, 6.45) is 0. The van der Waals surface area contributed by atoms with Gasteiger partial charge in [0.2, 0.25) is 11.1 Å². The highest BCUT2D eigenvalue weighted by atomic mass is 32.2. The van der Waals surface area contributed by atoms with Crippen molar-refractivity contribution in [1.29, 1.82) is 0 Å². The molecule has 9 heteroatoms. The van der Waals surface area contributed by atoms with Crippen LogP contribution in [0, 0.1) is 13.8 Å². The van der Waals surface area contributed by atoms with Gasteiger partial charge in [-0.25, -0.2) is 4.98 Å². The van der Waals surface area contributed by atoms with Crippen molar-refractivity contribution in [2.24, 2.45) is 0 Å². The summed E-state index contributed by atoms with van der Waals surface area (Å²) in [6.45, 7) is 3.89. The molecule has 0 aliphatic heterocycles. The monoisotopic (exact) mass is 346 g/mol. The second-order valence-corrected chi connectivity index (χ2v) is 6.64. The highest BCUT2D eigenvalue weighted by molar-refractivity contribution is 7.99. The fraction of sp³-hybridized carbons (Fsp3) is 0.214. The number of tetrazole rings is 1. The molecule has 23 heavy (non-hydrogen) atoms. The molecule has 0 spiro atoms. The average Bonchev–Trinajstić information content (AvgIpc) is 3.14. The Kier molecular flexibility index (Phi) is 4.68. The van der Waals surface area contributed by atoms with Gasteiger partial charge >= 0.3 is 0 Å². The lowest BCUT2D eigenvalue weighted by atomic mass is 10.2. The van der Waals surface area contributed by atoms with Crippen LogP contribution in [-0.4, -0.2) is 36.9 Å². The van der Waals surface area contributed by atoms with E-state index >= 15 is 0 Å². The normalized spacial score (nSPS) is 10.7. The molecule has 118 valence electrons. The van der Waals surface area contributed by atoms with E-state index in [2.05, 4.69) is 25.8 Å². The molecule has 7 nitrogen and oxygen atoms in total. The number of hydrogen-bond donors (Lipinski definition) is 1. The van der Waals surface area contributed by atoms with Crippen molar-refractivity contribution in [2.45, 2.75) is 19.0 Å². The molecule has 0 atom stereocenters. The molecule has 0 bridgehead atoms. The standard InChI is InChI=1S/C14H14N6OS2/c1-9-4-3-5-11(6-9)20-14(17-18-19-20)23-8-12(21)16-13-15-10(2)7-22-13/h3-7H,8H2,1-2H3,(H,15,16,21). The Morgan fingerprint density at radius 3 is 3.00 bits per heavy atom. The number of benzene rings is 1. The molecule has 2 aromatic heterocycles. The maximum Gasteiger partial charge on any atom is 0.236 e. The van der Waals surface area contributed by atoms with Crippen molar-refractivity contribution in [3.63, 3.8) is 0 Å². The van der Waals surface area contributed by atoms with Gasteiger partial charge in [0, 0.05) is 5.38 Å². The van der Waals surface area contributed by atoms with Crippen LogP contribution in [0.15, 0.2) is 34.8 Å². The van der Waals surface area contributed by atoms with Gasteiger partial charge in [-0.2, -0.15) is 4.68 Å². The summed E-state index contributed by atoms with van der Waals surface area (Å²) in [6, 6.07) is 7.85. The maximum atomic E-state index is 12.0. The van der Waals surface area contributed by atoms with Crippen LogP contribution in [0.2, 0.25) is 0 Å². The number of aryl methyl sites for hydroxylation is 2. The quantitative estimate of drug-likeness (QED) is 0.714. The topological polar surface area (TPSA) is 85.6 Å². The largest absolute Gasteiger partial charge is 0.301 e. The number of thiazole rings is 1. The highest BCUT2D eigenvalue weighted by Gasteiger charge is 2.12. The zero-order valence-corrected chi connectivity index (χ0v) is 14.2. The Balaban J connectivity index is 1.65. The van der Waals surface area contributed by atoms with Crippen LogP contribution in [0.4, 0.5) is 5.13 Å². The van der Waals surface area contributed by atoms with E-state index in [-0.39, 0.29) is 11.7 Å². The Bertz CT molecular complexity index is 828. The molecule has 3 aromatic rings. The fourth-order valence-corrected chi connectivity index (χ4v) is 3.28. The molecular formula is C14H14N6OS2. The van der Waals surface area contributed by atoms with Crippen LogP contribution >= 0.6 is 23.1 Å². The third-order valence-corrected chi connectivity index (χ3v) is 4.68. The van der Waals surface area contributed by atoms with Crippen molar-refractivity contribution >= 4 is 34.1 Å². The van der Waals surface area contributed by atoms with E-state index in [9.17, 15) is 4.79 Å². The predicted molar refractivity (Wildman–Crippen MR) is 90.1 cm³/mol. The summed E-state index contributed by atoms with van der Waals surface area (Å²) in [5.41, 5.74) is 2.88. The Morgan fingerprint density at radius 2 is 2.26 bits per heavy atom. The minimum Gasteiger partial charge on any atom is -0.301 e. The molecule has 1 amide bonds. The molecule has 1 N–H and O–H groups in total. The molecule has 1 aromatic carbocycles. The minimum absolute atomic E-state index is 0.136. The van der Waals surface area contributed by atoms with E-state index < -0.39 is 0 Å². The van der Waals surface area contributed by atoms with Crippen molar-refractivity contribution in [1.82, 2.24) is 25.2 Å². The first kappa shape index (κ1) is 15.6. The van der Waals surface area contributed by atoms with Crippen molar-refractivity contribution in [3.05, 3.63) is 40.9 Å². The third-order valence-electron chi connectivity index (χ3n) is 2.88. The van der Waals surface area contributed by atoms with Crippen molar-refractivity contribution in [2.75, 3.05) is 11.1 Å². The molecule has 0 aliphatic carbocycles. The summed E-state index contributed by atoms with van der Waals surface area (Å²) in [7, 11) is 0. The number of rotatable bonds is 5. The second kappa shape index (κ2) is 6.88. The van der Waals surface area contributed by atoms with Crippen LogP contribution < -0.4 is 5.32 Å². The minimum atomic E-state index is -0.136. The summed E-state index contributed by atoms with van der Waals surface area (Å²) >= 11 is 2.69. The van der Waals surface area contributed by atoms with Crippen LogP contribution in [0.1, 0.15) is 11.3 Å². The van der Waals surface area contributed by atoms with E-state index in [4.69, 9.17) is 0 Å². The van der Waals surface area contributed by atoms with Crippen molar-refractivity contribution < 1.29 is 4.79 Å². The van der Waals surface area contributed by atoms with Gasteiger partial charge in [0.15, 0.2) is 5.13 Å². The lowest BCUT2D eigenvalue weighted by Crippen LogP contribution is -2.14. The van der Waals surface area contributed by atoms with Gasteiger partial charge in [-0.1, -0.05) is 23.9 Å². The number of thioether (sulfide) groups is 1. The third kappa shape index (κ3) is 3.93. The number of aromatic nitrogens is 5. The average molecular weight is 346 g/mol. The molecule has 0 radical (unpaired) electrons. The first-order valence-electron chi connectivity index (χ1n) is 6.82.